The fourth-order valence-electron chi connectivity index (χ4n) is 3.59. The van der Waals surface area contributed by atoms with Crippen molar-refractivity contribution in [3.63, 3.8) is 0 Å². The Balaban J connectivity index is 1.85. The molecule has 0 spiro atoms. The summed E-state index contributed by atoms with van der Waals surface area (Å²) < 4.78 is 5.36. The molecule has 140 valence electrons. The van der Waals surface area contributed by atoms with E-state index in [1.807, 2.05) is 24.3 Å². The molecular weight excluding hydrogens is 332 g/mol. The Morgan fingerprint density at radius 3 is 2.73 bits per heavy atom. The summed E-state index contributed by atoms with van der Waals surface area (Å²) in [5, 5.41) is 3.59. The van der Waals surface area contributed by atoms with Gasteiger partial charge in [0.05, 0.1) is 7.11 Å². The van der Waals surface area contributed by atoms with Gasteiger partial charge in [0, 0.05) is 43.6 Å². The minimum Gasteiger partial charge on any atom is -0.496 e. The van der Waals surface area contributed by atoms with Crippen LogP contribution >= 0.6 is 0 Å². The van der Waals surface area contributed by atoms with Gasteiger partial charge in [0.2, 0.25) is 5.91 Å². The van der Waals surface area contributed by atoms with Gasteiger partial charge in [-0.25, -0.2) is 0 Å². The number of amides is 2. The summed E-state index contributed by atoms with van der Waals surface area (Å²) in [6.07, 6.45) is 0. The number of methoxy groups -OCH3 is 1. The van der Waals surface area contributed by atoms with Crippen molar-refractivity contribution < 1.29 is 14.3 Å². The lowest BCUT2D eigenvalue weighted by atomic mass is 10.1. The van der Waals surface area contributed by atoms with E-state index in [1.54, 1.807) is 19.1 Å². The number of ether oxygens (including phenoxy) is 1. The summed E-state index contributed by atoms with van der Waals surface area (Å²) in [5.41, 5.74) is 1.37. The smallest absolute Gasteiger partial charge is 0.270 e. The standard InChI is InChI=1S/C19H26N4O3/c1-12(2)23-9-8-22(11-16(23)18(24)20-3)19(25)15-10-13-14(21-15)6-5-7-17(13)26-4/h5-7,10,12,16,21H,8-9,11H2,1-4H3,(H,20,24). The van der Waals surface area contributed by atoms with E-state index >= 15 is 0 Å². The van der Waals surface area contributed by atoms with Gasteiger partial charge in [-0.3, -0.25) is 14.5 Å². The molecule has 0 saturated carbocycles. The van der Waals surface area contributed by atoms with E-state index in [0.29, 0.717) is 25.3 Å². The number of fused-ring (bicyclic) bond motifs is 1. The van der Waals surface area contributed by atoms with Crippen molar-refractivity contribution in [3.05, 3.63) is 30.0 Å². The van der Waals surface area contributed by atoms with E-state index in [-0.39, 0.29) is 23.9 Å². The molecule has 2 amide bonds. The third-order valence-corrected chi connectivity index (χ3v) is 5.00. The average Bonchev–Trinajstić information content (AvgIpc) is 3.10. The Kier molecular flexibility index (Phi) is 5.18. The van der Waals surface area contributed by atoms with Crippen molar-refractivity contribution in [1.82, 2.24) is 20.1 Å². The van der Waals surface area contributed by atoms with Gasteiger partial charge in [-0.2, -0.15) is 0 Å². The summed E-state index contributed by atoms with van der Waals surface area (Å²) in [5.74, 6) is 0.570. The molecule has 1 aliphatic rings. The van der Waals surface area contributed by atoms with Crippen molar-refractivity contribution >= 4 is 22.7 Å². The van der Waals surface area contributed by atoms with E-state index in [2.05, 4.69) is 29.0 Å². The van der Waals surface area contributed by atoms with Crippen LogP contribution in [0.25, 0.3) is 10.9 Å². The van der Waals surface area contributed by atoms with Crippen LogP contribution in [0.4, 0.5) is 0 Å². The lowest BCUT2D eigenvalue weighted by Gasteiger charge is -2.42. The second-order valence-corrected chi connectivity index (χ2v) is 6.82. The zero-order chi connectivity index (χ0) is 18.8. The maximum atomic E-state index is 13.0. The topological polar surface area (TPSA) is 77.7 Å². The van der Waals surface area contributed by atoms with Crippen molar-refractivity contribution in [2.24, 2.45) is 0 Å². The number of nitrogens with zero attached hydrogens (tertiary/aromatic N) is 2. The predicted molar refractivity (Wildman–Crippen MR) is 100 cm³/mol. The van der Waals surface area contributed by atoms with Crippen LogP contribution in [0, 0.1) is 0 Å². The van der Waals surface area contributed by atoms with Crippen LogP contribution < -0.4 is 10.1 Å². The highest BCUT2D eigenvalue weighted by Crippen LogP contribution is 2.27. The van der Waals surface area contributed by atoms with Crippen LogP contribution in [0.5, 0.6) is 5.75 Å². The first-order valence-electron chi connectivity index (χ1n) is 8.88. The molecular formula is C19H26N4O3. The molecule has 7 heteroatoms. The first-order chi connectivity index (χ1) is 12.5. The lowest BCUT2D eigenvalue weighted by molar-refractivity contribution is -0.128. The zero-order valence-corrected chi connectivity index (χ0v) is 15.7. The molecule has 1 unspecified atom stereocenters. The minimum absolute atomic E-state index is 0.0606. The van der Waals surface area contributed by atoms with Gasteiger partial charge >= 0.3 is 0 Å². The number of nitrogens with one attached hydrogen (secondary N) is 2. The zero-order valence-electron chi connectivity index (χ0n) is 15.7. The fraction of sp³-hybridized carbons (Fsp3) is 0.474. The first-order valence-corrected chi connectivity index (χ1v) is 8.88. The highest BCUT2D eigenvalue weighted by Gasteiger charge is 2.35. The number of benzene rings is 1. The Morgan fingerprint density at radius 2 is 2.08 bits per heavy atom. The van der Waals surface area contributed by atoms with E-state index in [1.165, 1.54) is 0 Å². The average molecular weight is 358 g/mol. The first kappa shape index (κ1) is 18.3. The van der Waals surface area contributed by atoms with Crippen LogP contribution in [-0.4, -0.2) is 72.5 Å². The van der Waals surface area contributed by atoms with E-state index in [0.717, 1.165) is 16.7 Å². The summed E-state index contributed by atoms with van der Waals surface area (Å²) in [6, 6.07) is 7.39. The second kappa shape index (κ2) is 7.37. The van der Waals surface area contributed by atoms with Crippen LogP contribution in [0.1, 0.15) is 24.3 Å². The number of piperazine rings is 1. The molecule has 2 N–H and O–H groups in total. The second-order valence-electron chi connectivity index (χ2n) is 6.82. The van der Waals surface area contributed by atoms with Crippen molar-refractivity contribution in [3.8, 4) is 5.75 Å². The van der Waals surface area contributed by atoms with Crippen LogP contribution in [0.2, 0.25) is 0 Å². The Labute approximate surface area is 153 Å². The maximum Gasteiger partial charge on any atom is 0.270 e. The van der Waals surface area contributed by atoms with Crippen molar-refractivity contribution in [2.75, 3.05) is 33.8 Å². The molecule has 1 atom stereocenters. The number of aromatic nitrogens is 1. The largest absolute Gasteiger partial charge is 0.496 e. The van der Waals surface area contributed by atoms with Crippen LogP contribution in [0.15, 0.2) is 24.3 Å². The molecule has 0 aliphatic carbocycles. The Bertz CT molecular complexity index is 814. The van der Waals surface area contributed by atoms with Gasteiger partial charge < -0.3 is 19.9 Å². The molecule has 1 fully saturated rings. The van der Waals surface area contributed by atoms with E-state index in [4.69, 9.17) is 4.74 Å². The van der Waals surface area contributed by atoms with E-state index in [9.17, 15) is 9.59 Å². The number of carbonyl (C=O) groups excluding carboxylic acids is 2. The number of aromatic amines is 1. The summed E-state index contributed by atoms with van der Waals surface area (Å²) >= 11 is 0. The summed E-state index contributed by atoms with van der Waals surface area (Å²) in [7, 11) is 3.24. The molecule has 1 aromatic heterocycles. The maximum absolute atomic E-state index is 13.0. The normalized spacial score (nSPS) is 18.3. The van der Waals surface area contributed by atoms with Crippen LogP contribution in [-0.2, 0) is 4.79 Å². The summed E-state index contributed by atoms with van der Waals surface area (Å²) in [4.78, 5) is 32.4. The Hall–Kier alpha value is -2.54. The molecule has 3 rings (SSSR count). The Morgan fingerprint density at radius 1 is 1.31 bits per heavy atom. The predicted octanol–water partition coefficient (Wildman–Crippen LogP) is 1.46. The SMILES string of the molecule is CNC(=O)C1CN(C(=O)c2cc3c(OC)cccc3[nH]2)CCN1C(C)C. The molecule has 26 heavy (non-hydrogen) atoms. The molecule has 0 radical (unpaired) electrons. The lowest BCUT2D eigenvalue weighted by Crippen LogP contribution is -2.61. The monoisotopic (exact) mass is 358 g/mol. The van der Waals surface area contributed by atoms with Gasteiger partial charge in [0.25, 0.3) is 5.91 Å². The van der Waals surface area contributed by atoms with Gasteiger partial charge in [-0.15, -0.1) is 0 Å². The molecule has 1 saturated heterocycles. The number of hydrogen-bond acceptors (Lipinski definition) is 4. The van der Waals surface area contributed by atoms with Gasteiger partial charge in [0.15, 0.2) is 0 Å². The molecule has 1 aliphatic heterocycles. The quantitative estimate of drug-likeness (QED) is 0.867. The van der Waals surface area contributed by atoms with Crippen LogP contribution in [0.3, 0.4) is 0 Å². The minimum atomic E-state index is -0.336. The molecule has 0 bridgehead atoms. The molecule has 1 aromatic carbocycles. The molecule has 2 heterocycles. The molecule has 2 aromatic rings. The molecule has 7 nitrogen and oxygen atoms in total. The summed E-state index contributed by atoms with van der Waals surface area (Å²) in [6.45, 7) is 5.78. The number of H-pyrrole nitrogens is 1. The number of carbonyl (C=O) groups is 2. The fourth-order valence-corrected chi connectivity index (χ4v) is 3.59. The van der Waals surface area contributed by atoms with Gasteiger partial charge in [-0.1, -0.05) is 6.07 Å². The third-order valence-electron chi connectivity index (χ3n) is 5.00. The highest BCUT2D eigenvalue weighted by atomic mass is 16.5. The van der Waals surface area contributed by atoms with Crippen molar-refractivity contribution in [1.29, 1.82) is 0 Å². The van der Waals surface area contributed by atoms with Gasteiger partial charge in [0.1, 0.15) is 17.5 Å². The van der Waals surface area contributed by atoms with Crippen molar-refractivity contribution in [2.45, 2.75) is 25.9 Å². The number of likely N-dealkylation sites (N-methyl/N-ethyl adjacent to an activating group) is 1. The van der Waals surface area contributed by atoms with E-state index < -0.39 is 0 Å². The third kappa shape index (κ3) is 3.26. The number of hydrogen-bond donors (Lipinski definition) is 2. The van der Waals surface area contributed by atoms with Gasteiger partial charge in [-0.05, 0) is 32.0 Å². The highest BCUT2D eigenvalue weighted by molar-refractivity contribution is 6.00. The number of rotatable bonds is 4.